The number of ether oxygens (including phenoxy) is 2. The van der Waals surface area contributed by atoms with Gasteiger partial charge in [0, 0.05) is 20.0 Å². The molecule has 1 aliphatic heterocycles. The number of nitrogens with zero attached hydrogens (tertiary/aromatic N) is 1. The molecule has 0 aromatic heterocycles. The number of hydrogen-bond acceptors (Lipinski definition) is 2. The van der Waals surface area contributed by atoms with Crippen molar-refractivity contribution in [3.63, 3.8) is 0 Å². The Hall–Kier alpha value is -0.380. The quantitative estimate of drug-likeness (QED) is 0.365. The molecular weight excluding hydrogens is 190 g/mol. The van der Waals surface area contributed by atoms with Crippen molar-refractivity contribution in [2.45, 2.75) is 19.8 Å². The van der Waals surface area contributed by atoms with Crippen LogP contribution < -0.4 is 0 Å². The van der Waals surface area contributed by atoms with E-state index in [2.05, 4.69) is 6.58 Å². The van der Waals surface area contributed by atoms with Crippen molar-refractivity contribution >= 4 is 0 Å². The molecule has 0 spiro atoms. The average molecular weight is 214 g/mol. The van der Waals surface area contributed by atoms with Gasteiger partial charge in [-0.3, -0.25) is 4.48 Å². The SMILES string of the molecule is C=C(C)COCC[N+]1(COC)CCCC1. The zero-order valence-electron chi connectivity index (χ0n) is 10.1. The van der Waals surface area contributed by atoms with Gasteiger partial charge in [0.1, 0.15) is 6.54 Å². The van der Waals surface area contributed by atoms with Crippen molar-refractivity contribution < 1.29 is 14.0 Å². The second-order valence-electron chi connectivity index (χ2n) is 4.65. The minimum atomic E-state index is 0.687. The largest absolute Gasteiger partial charge is 0.371 e. The van der Waals surface area contributed by atoms with E-state index in [9.17, 15) is 0 Å². The van der Waals surface area contributed by atoms with Gasteiger partial charge in [-0.25, -0.2) is 0 Å². The number of rotatable bonds is 7. The second kappa shape index (κ2) is 6.26. The molecule has 0 saturated carbocycles. The normalized spacial score (nSPS) is 19.3. The predicted octanol–water partition coefficient (Wildman–Crippen LogP) is 1.79. The smallest absolute Gasteiger partial charge is 0.182 e. The van der Waals surface area contributed by atoms with Gasteiger partial charge in [-0.15, -0.1) is 0 Å². The highest BCUT2D eigenvalue weighted by Gasteiger charge is 2.31. The molecule has 1 heterocycles. The first-order valence-corrected chi connectivity index (χ1v) is 5.75. The first-order valence-electron chi connectivity index (χ1n) is 5.75. The van der Waals surface area contributed by atoms with Gasteiger partial charge in [0.05, 0.1) is 26.3 Å². The third-order valence-electron chi connectivity index (χ3n) is 2.98. The first-order chi connectivity index (χ1) is 7.18. The van der Waals surface area contributed by atoms with Gasteiger partial charge in [-0.05, 0) is 6.92 Å². The molecule has 0 amide bonds. The van der Waals surface area contributed by atoms with Crippen LogP contribution in [0.1, 0.15) is 19.8 Å². The van der Waals surface area contributed by atoms with E-state index in [1.165, 1.54) is 25.9 Å². The van der Waals surface area contributed by atoms with Gasteiger partial charge >= 0.3 is 0 Å². The van der Waals surface area contributed by atoms with Crippen molar-refractivity contribution in [1.29, 1.82) is 0 Å². The average Bonchev–Trinajstić information content (AvgIpc) is 2.62. The van der Waals surface area contributed by atoms with E-state index in [0.717, 1.165) is 29.9 Å². The van der Waals surface area contributed by atoms with E-state index >= 15 is 0 Å². The molecule has 1 aliphatic rings. The Morgan fingerprint density at radius 3 is 2.53 bits per heavy atom. The summed E-state index contributed by atoms with van der Waals surface area (Å²) in [5.74, 6) is 0. The molecular formula is C12H24NO2+. The molecule has 0 aromatic rings. The van der Waals surface area contributed by atoms with Crippen molar-refractivity contribution in [1.82, 2.24) is 0 Å². The molecule has 0 bridgehead atoms. The van der Waals surface area contributed by atoms with Gasteiger partial charge < -0.3 is 9.47 Å². The topological polar surface area (TPSA) is 18.5 Å². The van der Waals surface area contributed by atoms with Crippen LogP contribution in [0.5, 0.6) is 0 Å². The van der Waals surface area contributed by atoms with Crippen molar-refractivity contribution in [3.8, 4) is 0 Å². The summed E-state index contributed by atoms with van der Waals surface area (Å²) in [5.41, 5.74) is 1.09. The van der Waals surface area contributed by atoms with Gasteiger partial charge in [0.15, 0.2) is 6.73 Å². The third kappa shape index (κ3) is 4.33. The maximum Gasteiger partial charge on any atom is 0.182 e. The third-order valence-corrected chi connectivity index (χ3v) is 2.98. The van der Waals surface area contributed by atoms with E-state index in [1.807, 2.05) is 6.92 Å². The molecule has 1 rings (SSSR count). The molecule has 0 atom stereocenters. The molecule has 15 heavy (non-hydrogen) atoms. The Bertz CT molecular complexity index is 198. The van der Waals surface area contributed by atoms with Crippen LogP contribution in [0.15, 0.2) is 12.2 Å². The Kier molecular flexibility index (Phi) is 5.29. The van der Waals surface area contributed by atoms with Crippen LogP contribution in [0.2, 0.25) is 0 Å². The molecule has 88 valence electrons. The van der Waals surface area contributed by atoms with E-state index in [4.69, 9.17) is 9.47 Å². The van der Waals surface area contributed by atoms with Crippen LogP contribution in [0.3, 0.4) is 0 Å². The molecule has 1 fully saturated rings. The summed E-state index contributed by atoms with van der Waals surface area (Å²) in [5, 5.41) is 0. The first kappa shape index (κ1) is 12.7. The summed E-state index contributed by atoms with van der Waals surface area (Å²) in [7, 11) is 1.78. The lowest BCUT2D eigenvalue weighted by Gasteiger charge is -2.32. The van der Waals surface area contributed by atoms with Gasteiger partial charge in [-0.1, -0.05) is 12.2 Å². The molecule has 0 aromatic carbocycles. The number of likely N-dealkylation sites (tertiary alicyclic amines) is 1. The van der Waals surface area contributed by atoms with Gasteiger partial charge in [0.25, 0.3) is 0 Å². The Morgan fingerprint density at radius 2 is 2.00 bits per heavy atom. The van der Waals surface area contributed by atoms with Crippen LogP contribution in [0.4, 0.5) is 0 Å². The predicted molar refractivity (Wildman–Crippen MR) is 61.6 cm³/mol. The summed E-state index contributed by atoms with van der Waals surface area (Å²) < 4.78 is 11.9. The minimum Gasteiger partial charge on any atom is -0.371 e. The van der Waals surface area contributed by atoms with E-state index in [-0.39, 0.29) is 0 Å². The lowest BCUT2D eigenvalue weighted by molar-refractivity contribution is -0.934. The summed E-state index contributed by atoms with van der Waals surface area (Å²) in [6.07, 6.45) is 2.65. The Morgan fingerprint density at radius 1 is 1.33 bits per heavy atom. The van der Waals surface area contributed by atoms with Crippen molar-refractivity contribution in [3.05, 3.63) is 12.2 Å². The van der Waals surface area contributed by atoms with Crippen LogP contribution in [0, 0.1) is 0 Å². The fourth-order valence-corrected chi connectivity index (χ4v) is 2.20. The highest BCUT2D eigenvalue weighted by atomic mass is 16.5. The second-order valence-corrected chi connectivity index (χ2v) is 4.65. The lowest BCUT2D eigenvalue weighted by Crippen LogP contribution is -2.48. The van der Waals surface area contributed by atoms with Crippen LogP contribution >= 0.6 is 0 Å². The minimum absolute atomic E-state index is 0.687. The van der Waals surface area contributed by atoms with Crippen LogP contribution in [-0.4, -0.2) is 51.2 Å². The lowest BCUT2D eigenvalue weighted by atomic mass is 10.4. The molecule has 3 heteroatoms. The molecule has 0 aliphatic carbocycles. The van der Waals surface area contributed by atoms with Gasteiger partial charge in [0.2, 0.25) is 0 Å². The number of quaternary nitrogens is 1. The summed E-state index contributed by atoms with van der Waals surface area (Å²) in [6.45, 7) is 11.7. The van der Waals surface area contributed by atoms with Gasteiger partial charge in [-0.2, -0.15) is 0 Å². The molecule has 0 radical (unpaired) electrons. The van der Waals surface area contributed by atoms with E-state index in [1.54, 1.807) is 7.11 Å². The summed E-state index contributed by atoms with van der Waals surface area (Å²) in [6, 6.07) is 0. The summed E-state index contributed by atoms with van der Waals surface area (Å²) in [4.78, 5) is 0. The van der Waals surface area contributed by atoms with Crippen molar-refractivity contribution in [2.24, 2.45) is 0 Å². The zero-order valence-corrected chi connectivity index (χ0v) is 10.1. The highest BCUT2D eigenvalue weighted by molar-refractivity contribution is 4.87. The molecule has 0 unspecified atom stereocenters. The standard InChI is InChI=1S/C12H24NO2/c1-12(2)10-15-9-8-13(11-14-3)6-4-5-7-13/h1,4-11H2,2-3H3/q+1. The van der Waals surface area contributed by atoms with E-state index < -0.39 is 0 Å². The fraction of sp³-hybridized carbons (Fsp3) is 0.833. The summed E-state index contributed by atoms with van der Waals surface area (Å²) >= 11 is 0. The number of methoxy groups -OCH3 is 1. The molecule has 1 saturated heterocycles. The highest BCUT2D eigenvalue weighted by Crippen LogP contribution is 2.18. The fourth-order valence-electron chi connectivity index (χ4n) is 2.20. The molecule has 3 nitrogen and oxygen atoms in total. The zero-order chi connectivity index (χ0) is 11.1. The monoisotopic (exact) mass is 214 g/mol. The maximum absolute atomic E-state index is 5.56. The van der Waals surface area contributed by atoms with E-state index in [0.29, 0.717) is 6.61 Å². The van der Waals surface area contributed by atoms with Crippen molar-refractivity contribution in [2.75, 3.05) is 46.7 Å². The maximum atomic E-state index is 5.56. The Labute approximate surface area is 93.3 Å². The molecule has 0 N–H and O–H groups in total. The van der Waals surface area contributed by atoms with Crippen LogP contribution in [0.25, 0.3) is 0 Å². The van der Waals surface area contributed by atoms with Crippen LogP contribution in [-0.2, 0) is 9.47 Å². The number of hydrogen-bond donors (Lipinski definition) is 0. The Balaban J connectivity index is 2.23.